The van der Waals surface area contributed by atoms with Gasteiger partial charge in [0, 0.05) is 0 Å². The van der Waals surface area contributed by atoms with Crippen LogP contribution in [0.5, 0.6) is 0 Å². The van der Waals surface area contributed by atoms with Gasteiger partial charge in [0.15, 0.2) is 0 Å². The molecule has 0 spiro atoms. The summed E-state index contributed by atoms with van der Waals surface area (Å²) in [4.78, 5) is 0. The van der Waals surface area contributed by atoms with E-state index in [0.717, 1.165) is 6.42 Å². The molecule has 0 aliphatic rings. The quantitative estimate of drug-likeness (QED) is 0.316. The minimum atomic E-state index is 0.407. The molecule has 0 heterocycles. The van der Waals surface area contributed by atoms with Gasteiger partial charge < -0.3 is 0 Å². The molecule has 0 saturated heterocycles. The lowest BCUT2D eigenvalue weighted by molar-refractivity contribution is 0.370. The van der Waals surface area contributed by atoms with Crippen LogP contribution in [0, 0.1) is 11.3 Å². The Morgan fingerprint density at radius 2 is 1.64 bits per heavy atom. The van der Waals surface area contributed by atoms with Crippen molar-refractivity contribution in [2.75, 3.05) is 0 Å². The van der Waals surface area contributed by atoms with Gasteiger partial charge in [0.1, 0.15) is 0 Å². The molecule has 158 valence electrons. The van der Waals surface area contributed by atoms with Crippen molar-refractivity contribution in [3.63, 3.8) is 0 Å². The number of hydrogen-bond donors (Lipinski definition) is 0. The standard InChI is InChI=1S/C28H46/c1-9-25(15-14-22(3)23(4)20-21-28(6,7)8)13-11-12-24(5)27-18-16-26(10-2)17-19-27/h13,16-19,22,24H,4,9-12,14-15,20-21H2,1-3,5-8H3. The first-order chi connectivity index (χ1) is 13.2. The minimum absolute atomic E-state index is 0.407. The monoisotopic (exact) mass is 382 g/mol. The zero-order valence-corrected chi connectivity index (χ0v) is 19.9. The third kappa shape index (κ3) is 9.76. The van der Waals surface area contributed by atoms with E-state index in [9.17, 15) is 0 Å². The van der Waals surface area contributed by atoms with E-state index in [4.69, 9.17) is 0 Å². The molecule has 0 N–H and O–H groups in total. The fraction of sp³-hybridized carbons (Fsp3) is 0.643. The SMILES string of the molecule is C=C(CCC(C)(C)C)C(C)CCC(=CCCC(C)c1ccc(CC)cc1)CC. The van der Waals surface area contributed by atoms with Gasteiger partial charge in [0.2, 0.25) is 0 Å². The van der Waals surface area contributed by atoms with Gasteiger partial charge in [-0.2, -0.15) is 0 Å². The van der Waals surface area contributed by atoms with Crippen LogP contribution < -0.4 is 0 Å². The average Bonchev–Trinajstić information content (AvgIpc) is 2.67. The molecule has 0 aliphatic heterocycles. The molecule has 2 unspecified atom stereocenters. The Hall–Kier alpha value is -1.30. The average molecular weight is 383 g/mol. The van der Waals surface area contributed by atoms with Gasteiger partial charge in [0.25, 0.3) is 0 Å². The molecule has 0 heteroatoms. The molecule has 2 atom stereocenters. The van der Waals surface area contributed by atoms with E-state index in [1.807, 2.05) is 0 Å². The van der Waals surface area contributed by atoms with Crippen molar-refractivity contribution in [1.29, 1.82) is 0 Å². The Morgan fingerprint density at radius 1 is 1.00 bits per heavy atom. The Balaban J connectivity index is 2.42. The van der Waals surface area contributed by atoms with Gasteiger partial charge in [-0.3, -0.25) is 0 Å². The van der Waals surface area contributed by atoms with Gasteiger partial charge in [-0.15, -0.1) is 0 Å². The van der Waals surface area contributed by atoms with Crippen LogP contribution in [0.15, 0.2) is 48.1 Å². The maximum Gasteiger partial charge on any atom is -0.0187 e. The minimum Gasteiger partial charge on any atom is -0.0996 e. The summed E-state index contributed by atoms with van der Waals surface area (Å²) in [5, 5.41) is 0. The van der Waals surface area contributed by atoms with Crippen LogP contribution in [0.2, 0.25) is 0 Å². The molecular weight excluding hydrogens is 336 g/mol. The van der Waals surface area contributed by atoms with E-state index >= 15 is 0 Å². The summed E-state index contributed by atoms with van der Waals surface area (Å²) in [6.45, 7) is 20.6. The molecule has 0 aromatic heterocycles. The molecular formula is C28H46. The van der Waals surface area contributed by atoms with Crippen LogP contribution in [0.1, 0.15) is 110 Å². The summed E-state index contributed by atoms with van der Waals surface area (Å²) in [6, 6.07) is 9.21. The number of allylic oxidation sites excluding steroid dienone is 3. The Kier molecular flexibility index (Phi) is 10.9. The topological polar surface area (TPSA) is 0 Å². The highest BCUT2D eigenvalue weighted by Crippen LogP contribution is 2.29. The molecule has 0 aliphatic carbocycles. The second kappa shape index (κ2) is 12.3. The Bertz CT molecular complexity index is 594. The highest BCUT2D eigenvalue weighted by atomic mass is 14.2. The van der Waals surface area contributed by atoms with Crippen molar-refractivity contribution in [3.8, 4) is 0 Å². The van der Waals surface area contributed by atoms with Crippen molar-refractivity contribution in [2.45, 2.75) is 106 Å². The smallest absolute Gasteiger partial charge is 0.0187 e. The number of aryl methyl sites for hydroxylation is 1. The van der Waals surface area contributed by atoms with Crippen molar-refractivity contribution >= 4 is 0 Å². The first kappa shape index (κ1) is 24.7. The molecule has 1 rings (SSSR count). The Labute approximate surface area is 176 Å². The van der Waals surface area contributed by atoms with Crippen LogP contribution >= 0.6 is 0 Å². The molecule has 1 aromatic carbocycles. The van der Waals surface area contributed by atoms with Crippen LogP contribution in [-0.4, -0.2) is 0 Å². The van der Waals surface area contributed by atoms with E-state index in [-0.39, 0.29) is 0 Å². The van der Waals surface area contributed by atoms with E-state index in [1.54, 1.807) is 5.57 Å². The van der Waals surface area contributed by atoms with Gasteiger partial charge >= 0.3 is 0 Å². The van der Waals surface area contributed by atoms with Gasteiger partial charge in [-0.05, 0) is 79.7 Å². The van der Waals surface area contributed by atoms with E-state index in [0.29, 0.717) is 17.3 Å². The first-order valence-corrected chi connectivity index (χ1v) is 11.6. The van der Waals surface area contributed by atoms with Gasteiger partial charge in [-0.25, -0.2) is 0 Å². The molecule has 0 saturated carbocycles. The molecule has 0 nitrogen and oxygen atoms in total. The van der Waals surface area contributed by atoms with E-state index in [1.165, 1.54) is 61.6 Å². The second-order valence-electron chi connectivity index (χ2n) is 9.95. The highest BCUT2D eigenvalue weighted by Gasteiger charge is 2.14. The number of rotatable bonds is 12. The normalized spacial score (nSPS) is 14.8. The third-order valence-electron chi connectivity index (χ3n) is 6.24. The van der Waals surface area contributed by atoms with Gasteiger partial charge in [-0.1, -0.05) is 96.5 Å². The van der Waals surface area contributed by atoms with Crippen LogP contribution in [0.3, 0.4) is 0 Å². The van der Waals surface area contributed by atoms with Crippen LogP contribution in [0.4, 0.5) is 0 Å². The summed E-state index contributed by atoms with van der Waals surface area (Å²) in [6.07, 6.45) is 12.1. The van der Waals surface area contributed by atoms with Gasteiger partial charge in [0.05, 0.1) is 0 Å². The lowest BCUT2D eigenvalue weighted by atomic mass is 9.84. The number of benzene rings is 1. The summed E-state index contributed by atoms with van der Waals surface area (Å²) < 4.78 is 0. The van der Waals surface area contributed by atoms with Crippen molar-refractivity contribution in [3.05, 3.63) is 59.2 Å². The fourth-order valence-electron chi connectivity index (χ4n) is 3.60. The third-order valence-corrected chi connectivity index (χ3v) is 6.24. The zero-order chi connectivity index (χ0) is 21.2. The molecule has 28 heavy (non-hydrogen) atoms. The highest BCUT2D eigenvalue weighted by molar-refractivity contribution is 5.25. The van der Waals surface area contributed by atoms with E-state index in [2.05, 4.69) is 85.4 Å². The molecule has 0 radical (unpaired) electrons. The largest absolute Gasteiger partial charge is 0.0996 e. The predicted octanol–water partition coefficient (Wildman–Crippen LogP) is 9.27. The Morgan fingerprint density at radius 3 is 2.18 bits per heavy atom. The molecule has 0 bridgehead atoms. The maximum absolute atomic E-state index is 4.37. The fourth-order valence-corrected chi connectivity index (χ4v) is 3.60. The molecule has 0 fully saturated rings. The van der Waals surface area contributed by atoms with Crippen molar-refractivity contribution < 1.29 is 0 Å². The summed E-state index contributed by atoms with van der Waals surface area (Å²) in [5.74, 6) is 1.27. The zero-order valence-electron chi connectivity index (χ0n) is 19.9. The van der Waals surface area contributed by atoms with E-state index < -0.39 is 0 Å². The molecule has 1 aromatic rings. The lowest BCUT2D eigenvalue weighted by Crippen LogP contribution is -2.07. The summed E-state index contributed by atoms with van der Waals surface area (Å²) in [5.41, 5.74) is 6.39. The number of hydrogen-bond acceptors (Lipinski definition) is 0. The second-order valence-corrected chi connectivity index (χ2v) is 9.95. The molecule has 0 amide bonds. The van der Waals surface area contributed by atoms with Crippen molar-refractivity contribution in [2.24, 2.45) is 11.3 Å². The predicted molar refractivity (Wildman–Crippen MR) is 128 cm³/mol. The first-order valence-electron chi connectivity index (χ1n) is 11.6. The summed E-state index contributed by atoms with van der Waals surface area (Å²) in [7, 11) is 0. The van der Waals surface area contributed by atoms with Crippen molar-refractivity contribution in [1.82, 2.24) is 0 Å². The van der Waals surface area contributed by atoms with Crippen LogP contribution in [-0.2, 0) is 6.42 Å². The lowest BCUT2D eigenvalue weighted by Gasteiger charge is -2.21. The van der Waals surface area contributed by atoms with Crippen LogP contribution in [0.25, 0.3) is 0 Å². The summed E-state index contributed by atoms with van der Waals surface area (Å²) >= 11 is 0. The maximum atomic E-state index is 4.37.